The Balaban J connectivity index is 1.34. The van der Waals surface area contributed by atoms with Crippen LogP contribution in [0.25, 0.3) is 0 Å². The van der Waals surface area contributed by atoms with Gasteiger partial charge >= 0.3 is 0 Å². The lowest BCUT2D eigenvalue weighted by Gasteiger charge is -2.28. The van der Waals surface area contributed by atoms with Crippen molar-refractivity contribution in [1.29, 1.82) is 0 Å². The van der Waals surface area contributed by atoms with Crippen LogP contribution in [0.4, 0.5) is 0 Å². The van der Waals surface area contributed by atoms with Gasteiger partial charge < -0.3 is 15.0 Å². The molecule has 120 valence electrons. The van der Waals surface area contributed by atoms with Crippen LogP contribution < -0.4 is 5.32 Å². The average molecular weight is 311 g/mol. The van der Waals surface area contributed by atoms with E-state index in [1.54, 1.807) is 0 Å². The summed E-state index contributed by atoms with van der Waals surface area (Å²) < 4.78 is 5.38. The van der Waals surface area contributed by atoms with Crippen LogP contribution in [-0.4, -0.2) is 67.4 Å². The second-order valence-electron chi connectivity index (χ2n) is 6.83. The van der Waals surface area contributed by atoms with Gasteiger partial charge in [-0.15, -0.1) is 0 Å². The number of thiocarbonyl (C=S) groups is 1. The molecule has 0 spiro atoms. The fraction of sp³-hybridized carbons (Fsp3) is 0.938. The third kappa shape index (κ3) is 4.54. The van der Waals surface area contributed by atoms with E-state index in [-0.39, 0.29) is 0 Å². The summed E-state index contributed by atoms with van der Waals surface area (Å²) in [6.07, 6.45) is 6.84. The molecule has 4 aliphatic rings. The van der Waals surface area contributed by atoms with Crippen LogP contribution >= 0.6 is 12.2 Å². The van der Waals surface area contributed by atoms with E-state index in [1.165, 1.54) is 45.2 Å². The maximum atomic E-state index is 5.62. The molecule has 2 bridgehead atoms. The van der Waals surface area contributed by atoms with E-state index in [9.17, 15) is 0 Å². The summed E-state index contributed by atoms with van der Waals surface area (Å²) in [7, 11) is 0. The molecule has 0 aromatic rings. The van der Waals surface area contributed by atoms with Gasteiger partial charge in [-0.2, -0.15) is 0 Å². The predicted octanol–water partition coefficient (Wildman–Crippen LogP) is 1.71. The number of morpholine rings is 1. The van der Waals surface area contributed by atoms with Gasteiger partial charge in [0.1, 0.15) is 0 Å². The smallest absolute Gasteiger partial charge is 0.168 e. The van der Waals surface area contributed by atoms with Crippen molar-refractivity contribution in [2.45, 2.75) is 32.1 Å². The number of hydrogen-bond donors (Lipinski definition) is 1. The van der Waals surface area contributed by atoms with Gasteiger partial charge in [0, 0.05) is 32.7 Å². The van der Waals surface area contributed by atoms with E-state index in [4.69, 9.17) is 17.0 Å². The number of fused-ring (bicyclic) bond motifs is 4. The summed E-state index contributed by atoms with van der Waals surface area (Å²) in [6, 6.07) is 0. The molecule has 4 rings (SSSR count). The Morgan fingerprint density at radius 3 is 2.29 bits per heavy atom. The third-order valence-corrected chi connectivity index (χ3v) is 5.64. The average Bonchev–Trinajstić information content (AvgIpc) is 2.86. The molecule has 3 heterocycles. The Bertz CT molecular complexity index is 324. The first-order valence-electron chi connectivity index (χ1n) is 8.64. The first kappa shape index (κ1) is 15.5. The lowest BCUT2D eigenvalue weighted by molar-refractivity contribution is 0.0376. The molecule has 0 amide bonds. The van der Waals surface area contributed by atoms with Crippen molar-refractivity contribution in [3.05, 3.63) is 0 Å². The van der Waals surface area contributed by atoms with E-state index in [1.807, 2.05) is 0 Å². The normalized spacial score (nSPS) is 30.2. The molecule has 0 unspecified atom stereocenters. The number of hydrogen-bond acceptors (Lipinski definition) is 3. The number of ether oxygens (including phenoxy) is 1. The van der Waals surface area contributed by atoms with Crippen molar-refractivity contribution >= 4 is 17.3 Å². The highest BCUT2D eigenvalue weighted by molar-refractivity contribution is 7.80. The Morgan fingerprint density at radius 2 is 1.67 bits per heavy atom. The highest BCUT2D eigenvalue weighted by Crippen LogP contribution is 2.33. The Hall–Kier alpha value is -0.390. The van der Waals surface area contributed by atoms with Gasteiger partial charge in [-0.3, -0.25) is 4.90 Å². The number of rotatable bonds is 4. The van der Waals surface area contributed by atoms with Gasteiger partial charge in [-0.05, 0) is 62.7 Å². The Kier molecular flexibility index (Phi) is 5.72. The van der Waals surface area contributed by atoms with E-state index in [0.717, 1.165) is 56.3 Å². The molecular formula is C16H29N3OS. The molecule has 5 heteroatoms. The maximum Gasteiger partial charge on any atom is 0.168 e. The van der Waals surface area contributed by atoms with Crippen molar-refractivity contribution in [1.82, 2.24) is 15.1 Å². The van der Waals surface area contributed by atoms with Crippen molar-refractivity contribution in [3.8, 4) is 0 Å². The van der Waals surface area contributed by atoms with E-state index in [2.05, 4.69) is 15.1 Å². The quantitative estimate of drug-likeness (QED) is 0.630. The molecule has 21 heavy (non-hydrogen) atoms. The molecule has 1 saturated carbocycles. The van der Waals surface area contributed by atoms with Gasteiger partial charge in [0.05, 0.1) is 13.2 Å². The number of nitrogens with one attached hydrogen (secondary N) is 1. The van der Waals surface area contributed by atoms with Crippen LogP contribution in [0, 0.1) is 11.8 Å². The fourth-order valence-electron chi connectivity index (χ4n) is 3.89. The largest absolute Gasteiger partial charge is 0.379 e. The molecule has 3 saturated heterocycles. The lowest BCUT2D eigenvalue weighted by atomic mass is 9.84. The molecule has 4 fully saturated rings. The molecular weight excluding hydrogens is 282 g/mol. The van der Waals surface area contributed by atoms with Gasteiger partial charge in [0.25, 0.3) is 0 Å². The third-order valence-electron chi connectivity index (χ3n) is 5.24. The topological polar surface area (TPSA) is 27.7 Å². The summed E-state index contributed by atoms with van der Waals surface area (Å²) in [5.41, 5.74) is 0. The monoisotopic (exact) mass is 311 g/mol. The maximum absolute atomic E-state index is 5.62. The first-order valence-corrected chi connectivity index (χ1v) is 9.05. The van der Waals surface area contributed by atoms with Crippen molar-refractivity contribution in [3.63, 3.8) is 0 Å². The van der Waals surface area contributed by atoms with E-state index < -0.39 is 0 Å². The summed E-state index contributed by atoms with van der Waals surface area (Å²) in [5.74, 6) is 1.77. The highest BCUT2D eigenvalue weighted by Gasteiger charge is 2.30. The molecule has 3 aliphatic heterocycles. The zero-order valence-electron chi connectivity index (χ0n) is 13.1. The van der Waals surface area contributed by atoms with Gasteiger partial charge in [0.15, 0.2) is 5.11 Å². The van der Waals surface area contributed by atoms with Crippen LogP contribution in [0.2, 0.25) is 0 Å². The van der Waals surface area contributed by atoms with Crippen molar-refractivity contribution < 1.29 is 4.74 Å². The minimum atomic E-state index is 0.886. The predicted molar refractivity (Wildman–Crippen MR) is 89.5 cm³/mol. The Morgan fingerprint density at radius 1 is 1.05 bits per heavy atom. The molecule has 0 radical (unpaired) electrons. The van der Waals surface area contributed by atoms with E-state index >= 15 is 0 Å². The first-order chi connectivity index (χ1) is 10.3. The van der Waals surface area contributed by atoms with Gasteiger partial charge in [-0.25, -0.2) is 0 Å². The molecule has 0 aromatic heterocycles. The SMILES string of the molecule is S=C(NCCCN1CCOCC1)N1CC2CCC(CC2)C1. The second-order valence-corrected chi connectivity index (χ2v) is 7.22. The second kappa shape index (κ2) is 7.75. The molecule has 1 aliphatic carbocycles. The van der Waals surface area contributed by atoms with Crippen molar-refractivity contribution in [2.75, 3.05) is 52.5 Å². The summed E-state index contributed by atoms with van der Waals surface area (Å²) in [4.78, 5) is 4.93. The van der Waals surface area contributed by atoms with Crippen LogP contribution in [0.5, 0.6) is 0 Å². The fourth-order valence-corrected chi connectivity index (χ4v) is 4.15. The zero-order chi connectivity index (χ0) is 14.5. The van der Waals surface area contributed by atoms with E-state index in [0.29, 0.717) is 0 Å². The summed E-state index contributed by atoms with van der Waals surface area (Å²) >= 11 is 5.62. The minimum Gasteiger partial charge on any atom is -0.379 e. The van der Waals surface area contributed by atoms with Crippen LogP contribution in [0.15, 0.2) is 0 Å². The minimum absolute atomic E-state index is 0.886. The summed E-state index contributed by atoms with van der Waals surface area (Å²) in [5, 5.41) is 4.48. The lowest BCUT2D eigenvalue weighted by Crippen LogP contribution is -2.43. The molecule has 1 N–H and O–H groups in total. The summed E-state index contributed by atoms with van der Waals surface area (Å²) in [6.45, 7) is 8.48. The molecule has 0 atom stereocenters. The zero-order valence-corrected chi connectivity index (χ0v) is 13.9. The Labute approximate surface area is 134 Å². The van der Waals surface area contributed by atoms with Crippen molar-refractivity contribution in [2.24, 2.45) is 11.8 Å². The highest BCUT2D eigenvalue weighted by atomic mass is 32.1. The van der Waals surface area contributed by atoms with Crippen LogP contribution in [0.3, 0.4) is 0 Å². The van der Waals surface area contributed by atoms with Crippen LogP contribution in [-0.2, 0) is 4.74 Å². The van der Waals surface area contributed by atoms with Gasteiger partial charge in [-0.1, -0.05) is 0 Å². The molecule has 4 nitrogen and oxygen atoms in total. The number of nitrogens with zero attached hydrogens (tertiary/aromatic N) is 2. The van der Waals surface area contributed by atoms with Crippen LogP contribution in [0.1, 0.15) is 32.1 Å². The van der Waals surface area contributed by atoms with Gasteiger partial charge in [0.2, 0.25) is 0 Å². The molecule has 0 aromatic carbocycles. The standard InChI is InChI=1S/C16H29N3OS/c21-16(17-6-1-7-18-8-10-20-11-9-18)19-12-14-2-3-15(13-19)5-4-14/h14-15H,1-13H2,(H,17,21).